The van der Waals surface area contributed by atoms with Gasteiger partial charge in [0.15, 0.2) is 10.6 Å². The number of H-pyrrole nitrogens is 1. The van der Waals surface area contributed by atoms with Crippen LogP contribution in [0.2, 0.25) is 0 Å². The van der Waals surface area contributed by atoms with Crippen molar-refractivity contribution in [3.8, 4) is 11.4 Å². The van der Waals surface area contributed by atoms with Gasteiger partial charge in [0.05, 0.1) is 0 Å². The van der Waals surface area contributed by atoms with Gasteiger partial charge < -0.3 is 4.57 Å². The Morgan fingerprint density at radius 3 is 2.71 bits per heavy atom. The molecule has 0 saturated heterocycles. The molecular formula is C16H16N4S. The summed E-state index contributed by atoms with van der Waals surface area (Å²) in [4.78, 5) is 4.14. The first-order chi connectivity index (χ1) is 10.3. The molecule has 0 aliphatic rings. The zero-order chi connectivity index (χ0) is 14.5. The summed E-state index contributed by atoms with van der Waals surface area (Å²) in [6, 6.07) is 14.4. The molecule has 106 valence electrons. The van der Waals surface area contributed by atoms with Gasteiger partial charge in [-0.05, 0) is 42.8 Å². The molecule has 0 amide bonds. The Bertz CT molecular complexity index is 747. The minimum Gasteiger partial charge on any atom is -0.300 e. The molecule has 3 aromatic rings. The Balaban J connectivity index is 1.74. The van der Waals surface area contributed by atoms with E-state index in [0.717, 1.165) is 30.8 Å². The van der Waals surface area contributed by atoms with Crippen LogP contribution in [0.1, 0.15) is 12.0 Å². The maximum Gasteiger partial charge on any atom is 0.195 e. The molecule has 2 heterocycles. The van der Waals surface area contributed by atoms with Crippen molar-refractivity contribution in [3.05, 3.63) is 65.2 Å². The van der Waals surface area contributed by atoms with Gasteiger partial charge in [0, 0.05) is 24.5 Å². The molecule has 5 heteroatoms. The van der Waals surface area contributed by atoms with E-state index in [1.54, 1.807) is 12.4 Å². The topological polar surface area (TPSA) is 46.5 Å². The van der Waals surface area contributed by atoms with E-state index in [0.29, 0.717) is 4.77 Å². The van der Waals surface area contributed by atoms with Gasteiger partial charge in [0.25, 0.3) is 0 Å². The Labute approximate surface area is 128 Å². The third-order valence-electron chi connectivity index (χ3n) is 3.37. The van der Waals surface area contributed by atoms with Crippen molar-refractivity contribution in [1.82, 2.24) is 19.7 Å². The summed E-state index contributed by atoms with van der Waals surface area (Å²) in [6.07, 6.45) is 5.61. The fraction of sp³-hybridized carbons (Fsp3) is 0.188. The van der Waals surface area contributed by atoms with Crippen LogP contribution in [0.3, 0.4) is 0 Å². The van der Waals surface area contributed by atoms with Crippen LogP contribution in [0.15, 0.2) is 54.9 Å². The van der Waals surface area contributed by atoms with E-state index >= 15 is 0 Å². The molecule has 0 saturated carbocycles. The molecule has 4 nitrogen and oxygen atoms in total. The highest BCUT2D eigenvalue weighted by Crippen LogP contribution is 2.16. The minimum atomic E-state index is 0.655. The Morgan fingerprint density at radius 2 is 1.95 bits per heavy atom. The lowest BCUT2D eigenvalue weighted by atomic mass is 10.1. The number of hydrogen-bond acceptors (Lipinski definition) is 3. The van der Waals surface area contributed by atoms with Crippen molar-refractivity contribution in [1.29, 1.82) is 0 Å². The fourth-order valence-corrected chi connectivity index (χ4v) is 2.55. The predicted octanol–water partition coefficient (Wildman–Crippen LogP) is 3.64. The standard InChI is InChI=1S/C16H16N4S/c21-16-19-18-15(14-9-4-10-17-12-14)20(16)11-5-8-13-6-2-1-3-7-13/h1-4,6-7,9-10,12H,5,8,11H2,(H,19,21). The Kier molecular flexibility index (Phi) is 4.21. The number of aromatic amines is 1. The lowest BCUT2D eigenvalue weighted by molar-refractivity contribution is 0.639. The fourth-order valence-electron chi connectivity index (χ4n) is 2.33. The van der Waals surface area contributed by atoms with Crippen LogP contribution in [-0.4, -0.2) is 19.7 Å². The zero-order valence-electron chi connectivity index (χ0n) is 11.6. The number of nitrogens with zero attached hydrogens (tertiary/aromatic N) is 3. The van der Waals surface area contributed by atoms with E-state index in [-0.39, 0.29) is 0 Å². The monoisotopic (exact) mass is 296 g/mol. The van der Waals surface area contributed by atoms with E-state index < -0.39 is 0 Å². The number of aryl methyl sites for hydroxylation is 1. The molecule has 0 radical (unpaired) electrons. The highest BCUT2D eigenvalue weighted by molar-refractivity contribution is 7.71. The molecule has 1 aromatic carbocycles. The van der Waals surface area contributed by atoms with E-state index in [2.05, 4.69) is 39.4 Å². The van der Waals surface area contributed by atoms with E-state index in [4.69, 9.17) is 12.2 Å². The molecule has 0 spiro atoms. The maximum atomic E-state index is 5.33. The highest BCUT2D eigenvalue weighted by atomic mass is 32.1. The number of nitrogens with one attached hydrogen (secondary N) is 1. The van der Waals surface area contributed by atoms with Crippen LogP contribution >= 0.6 is 12.2 Å². The second-order valence-electron chi connectivity index (χ2n) is 4.83. The number of benzene rings is 1. The summed E-state index contributed by atoms with van der Waals surface area (Å²) >= 11 is 5.33. The van der Waals surface area contributed by atoms with Crippen molar-refractivity contribution in [3.63, 3.8) is 0 Å². The third-order valence-corrected chi connectivity index (χ3v) is 3.68. The molecule has 0 fully saturated rings. The van der Waals surface area contributed by atoms with Gasteiger partial charge in [-0.25, -0.2) is 0 Å². The molecule has 0 bridgehead atoms. The van der Waals surface area contributed by atoms with Gasteiger partial charge in [-0.1, -0.05) is 30.3 Å². The van der Waals surface area contributed by atoms with Gasteiger partial charge in [0.2, 0.25) is 0 Å². The van der Waals surface area contributed by atoms with Gasteiger partial charge in [-0.3, -0.25) is 10.1 Å². The average molecular weight is 296 g/mol. The first kappa shape index (κ1) is 13.7. The molecule has 0 aliphatic carbocycles. The first-order valence-electron chi connectivity index (χ1n) is 6.94. The smallest absolute Gasteiger partial charge is 0.195 e. The summed E-state index contributed by atoms with van der Waals surface area (Å²) in [7, 11) is 0. The predicted molar refractivity (Wildman–Crippen MR) is 85.4 cm³/mol. The number of rotatable bonds is 5. The molecule has 2 aromatic heterocycles. The van der Waals surface area contributed by atoms with Crippen molar-refractivity contribution in [2.45, 2.75) is 19.4 Å². The molecule has 0 aliphatic heterocycles. The molecule has 0 unspecified atom stereocenters. The highest BCUT2D eigenvalue weighted by Gasteiger charge is 2.08. The first-order valence-corrected chi connectivity index (χ1v) is 7.35. The molecular weight excluding hydrogens is 280 g/mol. The summed E-state index contributed by atoms with van der Waals surface area (Å²) < 4.78 is 2.69. The largest absolute Gasteiger partial charge is 0.300 e. The molecule has 21 heavy (non-hydrogen) atoms. The van der Waals surface area contributed by atoms with Crippen LogP contribution in [0.5, 0.6) is 0 Å². The minimum absolute atomic E-state index is 0.655. The number of aromatic nitrogens is 4. The van der Waals surface area contributed by atoms with Crippen molar-refractivity contribution in [2.24, 2.45) is 0 Å². The van der Waals surface area contributed by atoms with Crippen LogP contribution in [0.25, 0.3) is 11.4 Å². The van der Waals surface area contributed by atoms with E-state index in [1.165, 1.54) is 5.56 Å². The van der Waals surface area contributed by atoms with Crippen LogP contribution < -0.4 is 0 Å². The summed E-state index contributed by atoms with van der Waals surface area (Å²) in [5.41, 5.74) is 2.32. The second kappa shape index (κ2) is 6.45. The van der Waals surface area contributed by atoms with Crippen LogP contribution in [0, 0.1) is 4.77 Å². The molecule has 0 atom stereocenters. The molecule has 1 N–H and O–H groups in total. The third kappa shape index (κ3) is 3.25. The quantitative estimate of drug-likeness (QED) is 0.731. The Hall–Kier alpha value is -2.27. The summed E-state index contributed by atoms with van der Waals surface area (Å²) in [6.45, 7) is 0.842. The second-order valence-corrected chi connectivity index (χ2v) is 5.22. The van der Waals surface area contributed by atoms with E-state index in [1.807, 2.05) is 22.8 Å². The van der Waals surface area contributed by atoms with Crippen molar-refractivity contribution >= 4 is 12.2 Å². The summed E-state index contributed by atoms with van der Waals surface area (Å²) in [5.74, 6) is 0.848. The SMILES string of the molecule is S=c1[nH]nc(-c2cccnc2)n1CCCc1ccccc1. The number of hydrogen-bond donors (Lipinski definition) is 1. The van der Waals surface area contributed by atoms with Gasteiger partial charge in [-0.2, -0.15) is 5.10 Å². The van der Waals surface area contributed by atoms with Gasteiger partial charge >= 0.3 is 0 Å². The maximum absolute atomic E-state index is 5.33. The number of pyridine rings is 1. The normalized spacial score (nSPS) is 10.7. The zero-order valence-corrected chi connectivity index (χ0v) is 12.4. The van der Waals surface area contributed by atoms with Gasteiger partial charge in [-0.15, -0.1) is 0 Å². The van der Waals surface area contributed by atoms with Crippen molar-refractivity contribution in [2.75, 3.05) is 0 Å². The summed E-state index contributed by atoms with van der Waals surface area (Å²) in [5, 5.41) is 7.19. The van der Waals surface area contributed by atoms with Crippen molar-refractivity contribution < 1.29 is 0 Å². The lowest BCUT2D eigenvalue weighted by Gasteiger charge is -2.06. The van der Waals surface area contributed by atoms with E-state index in [9.17, 15) is 0 Å². The average Bonchev–Trinajstić information content (AvgIpc) is 2.91. The lowest BCUT2D eigenvalue weighted by Crippen LogP contribution is -2.02. The van der Waals surface area contributed by atoms with Crippen LogP contribution in [0.4, 0.5) is 0 Å². The Morgan fingerprint density at radius 1 is 1.10 bits per heavy atom. The van der Waals surface area contributed by atoms with Gasteiger partial charge in [0.1, 0.15) is 0 Å². The van der Waals surface area contributed by atoms with Crippen LogP contribution in [-0.2, 0) is 13.0 Å². The molecule has 3 rings (SSSR count).